The van der Waals surface area contributed by atoms with E-state index in [2.05, 4.69) is 27.2 Å². The number of rotatable bonds is 7. The lowest BCUT2D eigenvalue weighted by atomic mass is 10.2. The van der Waals surface area contributed by atoms with Gasteiger partial charge in [0.25, 0.3) is 0 Å². The molecule has 6 heteroatoms. The molecular formula is C20H20ClN3O2. The second-order valence-electron chi connectivity index (χ2n) is 6.47. The first-order valence-electron chi connectivity index (χ1n) is 8.67. The highest BCUT2D eigenvalue weighted by Crippen LogP contribution is 2.31. The molecule has 0 N–H and O–H groups in total. The summed E-state index contributed by atoms with van der Waals surface area (Å²) >= 11 is 6.22. The number of hydrogen-bond acceptors (Lipinski definition) is 5. The molecule has 0 bridgehead atoms. The van der Waals surface area contributed by atoms with Crippen molar-refractivity contribution in [2.75, 3.05) is 7.11 Å². The lowest BCUT2D eigenvalue weighted by Crippen LogP contribution is -2.25. The highest BCUT2D eigenvalue weighted by atomic mass is 35.5. The van der Waals surface area contributed by atoms with Crippen molar-refractivity contribution < 1.29 is 9.15 Å². The van der Waals surface area contributed by atoms with Gasteiger partial charge in [-0.05, 0) is 42.7 Å². The van der Waals surface area contributed by atoms with E-state index in [1.54, 1.807) is 7.11 Å². The summed E-state index contributed by atoms with van der Waals surface area (Å²) in [5.41, 5.74) is 2.00. The van der Waals surface area contributed by atoms with Gasteiger partial charge in [-0.15, -0.1) is 10.2 Å². The summed E-state index contributed by atoms with van der Waals surface area (Å²) < 4.78 is 11.1. The van der Waals surface area contributed by atoms with Gasteiger partial charge in [-0.3, -0.25) is 4.90 Å². The largest absolute Gasteiger partial charge is 0.497 e. The third-order valence-corrected chi connectivity index (χ3v) is 4.85. The molecule has 0 atom stereocenters. The zero-order valence-electron chi connectivity index (χ0n) is 14.6. The number of aromatic nitrogens is 2. The van der Waals surface area contributed by atoms with Gasteiger partial charge >= 0.3 is 0 Å². The molecule has 26 heavy (non-hydrogen) atoms. The van der Waals surface area contributed by atoms with Crippen molar-refractivity contribution in [2.45, 2.75) is 32.0 Å². The first-order chi connectivity index (χ1) is 12.7. The summed E-state index contributed by atoms with van der Waals surface area (Å²) in [5, 5.41) is 8.99. The Morgan fingerprint density at radius 1 is 1.08 bits per heavy atom. The Kier molecular flexibility index (Phi) is 4.91. The Bertz CT molecular complexity index is 875. The van der Waals surface area contributed by atoms with Crippen LogP contribution in [0.1, 0.15) is 24.3 Å². The zero-order chi connectivity index (χ0) is 17.9. The fourth-order valence-electron chi connectivity index (χ4n) is 2.95. The first kappa shape index (κ1) is 17.1. The molecule has 1 heterocycles. The van der Waals surface area contributed by atoms with E-state index in [0.29, 0.717) is 29.4 Å². The van der Waals surface area contributed by atoms with Crippen LogP contribution in [0.2, 0.25) is 5.02 Å². The second kappa shape index (κ2) is 7.48. The average Bonchev–Trinajstić information content (AvgIpc) is 3.42. The van der Waals surface area contributed by atoms with Crippen LogP contribution in [-0.2, 0) is 13.1 Å². The Labute approximate surface area is 157 Å². The van der Waals surface area contributed by atoms with E-state index >= 15 is 0 Å². The molecule has 1 fully saturated rings. The third kappa shape index (κ3) is 3.89. The van der Waals surface area contributed by atoms with E-state index in [1.165, 1.54) is 18.4 Å². The van der Waals surface area contributed by atoms with Crippen LogP contribution < -0.4 is 4.74 Å². The molecule has 2 aromatic carbocycles. The molecule has 1 aliphatic carbocycles. The maximum atomic E-state index is 6.22. The minimum Gasteiger partial charge on any atom is -0.497 e. The van der Waals surface area contributed by atoms with Crippen LogP contribution in [0.4, 0.5) is 0 Å². The van der Waals surface area contributed by atoms with Crippen molar-refractivity contribution in [3.05, 3.63) is 65.0 Å². The molecular weight excluding hydrogens is 350 g/mol. The summed E-state index contributed by atoms with van der Waals surface area (Å²) in [6.07, 6.45) is 2.42. The molecule has 0 unspecified atom stereocenters. The maximum absolute atomic E-state index is 6.22. The Morgan fingerprint density at radius 3 is 2.54 bits per heavy atom. The minimum absolute atomic E-state index is 0.464. The fourth-order valence-corrected chi connectivity index (χ4v) is 3.17. The molecule has 0 spiro atoms. The van der Waals surface area contributed by atoms with Gasteiger partial charge in [0.1, 0.15) is 5.75 Å². The predicted molar refractivity (Wildman–Crippen MR) is 100 cm³/mol. The van der Waals surface area contributed by atoms with E-state index in [-0.39, 0.29) is 0 Å². The molecule has 4 rings (SSSR count). The minimum atomic E-state index is 0.464. The van der Waals surface area contributed by atoms with Crippen molar-refractivity contribution >= 4 is 11.6 Å². The van der Waals surface area contributed by atoms with Gasteiger partial charge in [0.2, 0.25) is 11.8 Å². The number of ether oxygens (including phenoxy) is 1. The maximum Gasteiger partial charge on any atom is 0.249 e. The van der Waals surface area contributed by atoms with Crippen molar-refractivity contribution in [2.24, 2.45) is 0 Å². The van der Waals surface area contributed by atoms with Crippen molar-refractivity contribution in [3.8, 4) is 17.2 Å². The smallest absolute Gasteiger partial charge is 0.249 e. The van der Waals surface area contributed by atoms with Crippen LogP contribution in [0.25, 0.3) is 11.5 Å². The molecule has 1 saturated carbocycles. The first-order valence-corrected chi connectivity index (χ1v) is 9.05. The average molecular weight is 370 g/mol. The number of halogens is 1. The van der Waals surface area contributed by atoms with Crippen molar-refractivity contribution in [3.63, 3.8) is 0 Å². The molecule has 0 radical (unpaired) electrons. The summed E-state index contributed by atoms with van der Waals surface area (Å²) in [7, 11) is 1.68. The molecule has 1 aliphatic rings. The molecule has 0 amide bonds. The lowest BCUT2D eigenvalue weighted by Gasteiger charge is -2.20. The van der Waals surface area contributed by atoms with Crippen LogP contribution in [0, 0.1) is 0 Å². The summed E-state index contributed by atoms with van der Waals surface area (Å²) in [6.45, 7) is 1.48. The van der Waals surface area contributed by atoms with Gasteiger partial charge < -0.3 is 9.15 Å². The van der Waals surface area contributed by atoms with Gasteiger partial charge in [-0.1, -0.05) is 35.9 Å². The van der Waals surface area contributed by atoms with Crippen LogP contribution in [0.5, 0.6) is 5.75 Å². The van der Waals surface area contributed by atoms with Crippen molar-refractivity contribution in [1.29, 1.82) is 0 Å². The number of methoxy groups -OCH3 is 1. The second-order valence-corrected chi connectivity index (χ2v) is 6.87. The molecule has 1 aromatic heterocycles. The van der Waals surface area contributed by atoms with Gasteiger partial charge in [0.05, 0.1) is 24.2 Å². The highest BCUT2D eigenvalue weighted by Gasteiger charge is 2.30. The molecule has 134 valence electrons. The monoisotopic (exact) mass is 369 g/mol. The summed E-state index contributed by atoms with van der Waals surface area (Å²) in [5.74, 6) is 1.94. The highest BCUT2D eigenvalue weighted by molar-refractivity contribution is 6.33. The third-order valence-electron chi connectivity index (χ3n) is 4.52. The molecule has 0 saturated heterocycles. The standard InChI is InChI=1S/C20H20ClN3O2/c1-25-16-10-6-14(7-11-16)12-24(15-8-9-15)13-19-22-23-20(26-19)17-4-2-3-5-18(17)21/h2-7,10-11,15H,8-9,12-13H2,1H3. The van der Waals surface area contributed by atoms with Crippen LogP contribution >= 0.6 is 11.6 Å². The van der Waals surface area contributed by atoms with Crippen LogP contribution in [0.15, 0.2) is 52.9 Å². The zero-order valence-corrected chi connectivity index (χ0v) is 15.3. The van der Waals surface area contributed by atoms with E-state index in [9.17, 15) is 0 Å². The van der Waals surface area contributed by atoms with Gasteiger partial charge in [-0.2, -0.15) is 0 Å². The van der Waals surface area contributed by atoms with Crippen molar-refractivity contribution in [1.82, 2.24) is 15.1 Å². The van der Waals surface area contributed by atoms with E-state index in [0.717, 1.165) is 17.9 Å². The quantitative estimate of drug-likeness (QED) is 0.611. The van der Waals surface area contributed by atoms with E-state index in [1.807, 2.05) is 36.4 Å². The van der Waals surface area contributed by atoms with E-state index in [4.69, 9.17) is 20.8 Å². The Balaban J connectivity index is 1.48. The summed E-state index contributed by atoms with van der Waals surface area (Å²) in [4.78, 5) is 2.38. The Hall–Kier alpha value is -2.37. The molecule has 3 aromatic rings. The van der Waals surface area contributed by atoms with Crippen LogP contribution in [0.3, 0.4) is 0 Å². The Morgan fingerprint density at radius 2 is 1.85 bits per heavy atom. The topological polar surface area (TPSA) is 51.4 Å². The number of benzene rings is 2. The fraction of sp³-hybridized carbons (Fsp3) is 0.300. The van der Waals surface area contributed by atoms with Crippen LogP contribution in [-0.4, -0.2) is 28.2 Å². The summed E-state index contributed by atoms with van der Waals surface area (Å²) in [6, 6.07) is 16.2. The number of hydrogen-bond donors (Lipinski definition) is 0. The normalized spacial score (nSPS) is 14.0. The predicted octanol–water partition coefficient (Wildman–Crippen LogP) is 4.56. The molecule has 5 nitrogen and oxygen atoms in total. The van der Waals surface area contributed by atoms with Gasteiger partial charge in [0, 0.05) is 12.6 Å². The number of nitrogens with zero attached hydrogens (tertiary/aromatic N) is 3. The van der Waals surface area contributed by atoms with Gasteiger partial charge in [-0.25, -0.2) is 0 Å². The lowest BCUT2D eigenvalue weighted by molar-refractivity contribution is 0.221. The van der Waals surface area contributed by atoms with E-state index < -0.39 is 0 Å². The SMILES string of the molecule is COc1ccc(CN(Cc2nnc(-c3ccccc3Cl)o2)C2CC2)cc1. The van der Waals surface area contributed by atoms with Gasteiger partial charge in [0.15, 0.2) is 0 Å². The molecule has 0 aliphatic heterocycles.